The van der Waals surface area contributed by atoms with Crippen molar-refractivity contribution in [2.45, 2.75) is 38.0 Å². The number of nitrogens with zero attached hydrogens (tertiary/aromatic N) is 5. The maximum absolute atomic E-state index is 16.1. The van der Waals surface area contributed by atoms with Crippen LogP contribution in [0.15, 0.2) is 24.8 Å². The molecular weight excluding hydrogens is 503 g/mol. The Labute approximate surface area is 218 Å². The number of aromatic nitrogens is 2. The summed E-state index contributed by atoms with van der Waals surface area (Å²) in [6, 6.07) is 2.48. The number of hydrogen-bond donors (Lipinski definition) is 2. The van der Waals surface area contributed by atoms with Crippen molar-refractivity contribution in [3.05, 3.63) is 41.2 Å². The van der Waals surface area contributed by atoms with E-state index in [2.05, 4.69) is 16.5 Å². The van der Waals surface area contributed by atoms with Crippen molar-refractivity contribution in [1.82, 2.24) is 19.8 Å². The molecule has 3 N–H and O–H groups in total. The van der Waals surface area contributed by atoms with Gasteiger partial charge in [-0.1, -0.05) is 18.2 Å². The van der Waals surface area contributed by atoms with Gasteiger partial charge in [0.15, 0.2) is 11.6 Å². The minimum atomic E-state index is -0.886. The molecule has 2 saturated heterocycles. The number of carbonyl (C=O) groups excluding carboxylic acids is 2. The van der Waals surface area contributed by atoms with E-state index in [1.165, 1.54) is 18.2 Å². The predicted molar refractivity (Wildman–Crippen MR) is 136 cm³/mol. The van der Waals surface area contributed by atoms with Crippen LogP contribution in [0.5, 0.6) is 5.75 Å². The van der Waals surface area contributed by atoms with Crippen molar-refractivity contribution in [1.29, 1.82) is 0 Å². The fourth-order valence-corrected chi connectivity index (χ4v) is 5.53. The minimum Gasteiger partial charge on any atom is -0.487 e. The monoisotopic (exact) mass is 530 g/mol. The molecule has 2 atom stereocenters. The average molecular weight is 531 g/mol. The van der Waals surface area contributed by atoms with Crippen molar-refractivity contribution in [3.8, 4) is 17.1 Å². The second kappa shape index (κ2) is 9.14. The molecule has 3 aliphatic heterocycles. The zero-order valence-electron chi connectivity index (χ0n) is 20.6. The Morgan fingerprint density at radius 2 is 2.05 bits per heavy atom. The lowest BCUT2D eigenvalue weighted by atomic mass is 10.00. The van der Waals surface area contributed by atoms with Crippen LogP contribution in [-0.2, 0) is 4.79 Å². The van der Waals surface area contributed by atoms with Crippen molar-refractivity contribution in [3.63, 3.8) is 0 Å². The van der Waals surface area contributed by atoms with E-state index in [0.717, 1.165) is 0 Å². The highest BCUT2D eigenvalue weighted by Gasteiger charge is 2.45. The summed E-state index contributed by atoms with van der Waals surface area (Å²) in [6.07, 6.45) is 0.979. The molecule has 0 aromatic carbocycles. The third-order valence-corrected chi connectivity index (χ3v) is 7.45. The Bertz CT molecular complexity index is 1300. The maximum Gasteiger partial charge on any atom is 0.262 e. The Morgan fingerprint density at radius 1 is 1.30 bits per heavy atom. The molecule has 2 aromatic rings. The SMILES string of the molecule is C=CC(=O)N1CCN2C(=O)c3c(N4CC(O)CC4(C)C)nc(-c4nc(N)ccc4Cl)c(F)c3OC[C@H]2C1. The van der Waals surface area contributed by atoms with E-state index < -0.39 is 29.4 Å². The largest absolute Gasteiger partial charge is 0.487 e. The number of piperazine rings is 1. The molecule has 3 aliphatic rings. The summed E-state index contributed by atoms with van der Waals surface area (Å²) in [5.74, 6) is -1.57. The average Bonchev–Trinajstić information content (AvgIpc) is 3.05. The molecule has 5 heterocycles. The molecule has 37 heavy (non-hydrogen) atoms. The Hall–Kier alpha value is -3.44. The molecule has 0 spiro atoms. The second-order valence-electron chi connectivity index (χ2n) is 10.1. The normalized spacial score (nSPS) is 22.7. The van der Waals surface area contributed by atoms with Crippen molar-refractivity contribution < 1.29 is 23.8 Å². The van der Waals surface area contributed by atoms with Gasteiger partial charge in [0.2, 0.25) is 5.91 Å². The van der Waals surface area contributed by atoms with Crippen LogP contribution >= 0.6 is 11.6 Å². The standard InChI is InChI=1S/C25H28ClFN6O4/c1-4-17(35)31-7-8-32-13(10-31)12-37-22-18(24(32)36)23(33-11-14(34)9-25(33,2)3)30-21(19(22)27)20-15(26)5-6-16(28)29-20/h4-6,13-14,34H,1,7-12H2,2-3H3,(H2,28,29)/t13-,14?/m1/s1. The van der Waals surface area contributed by atoms with Gasteiger partial charge >= 0.3 is 0 Å². The number of hydrogen-bond acceptors (Lipinski definition) is 8. The number of aliphatic hydroxyl groups excluding tert-OH is 1. The molecule has 0 radical (unpaired) electrons. The van der Waals surface area contributed by atoms with Crippen LogP contribution in [0.1, 0.15) is 30.6 Å². The van der Waals surface area contributed by atoms with Gasteiger partial charge in [0.25, 0.3) is 5.91 Å². The van der Waals surface area contributed by atoms with Crippen LogP contribution in [0.25, 0.3) is 11.4 Å². The Balaban J connectivity index is 1.69. The highest BCUT2D eigenvalue weighted by atomic mass is 35.5. The molecular formula is C25H28ClFN6O4. The van der Waals surface area contributed by atoms with Gasteiger partial charge in [-0.2, -0.15) is 0 Å². The van der Waals surface area contributed by atoms with Gasteiger partial charge in [0.05, 0.1) is 17.2 Å². The summed E-state index contributed by atoms with van der Waals surface area (Å²) in [5.41, 5.74) is 5.03. The summed E-state index contributed by atoms with van der Waals surface area (Å²) in [7, 11) is 0. The third kappa shape index (κ3) is 4.25. The van der Waals surface area contributed by atoms with Gasteiger partial charge in [-0.25, -0.2) is 14.4 Å². The zero-order chi connectivity index (χ0) is 26.6. The number of halogens is 2. The van der Waals surface area contributed by atoms with Crippen LogP contribution in [-0.4, -0.2) is 87.2 Å². The smallest absolute Gasteiger partial charge is 0.262 e. The van der Waals surface area contributed by atoms with Crippen molar-refractivity contribution in [2.24, 2.45) is 0 Å². The van der Waals surface area contributed by atoms with Crippen LogP contribution in [0.4, 0.5) is 16.0 Å². The van der Waals surface area contributed by atoms with Gasteiger partial charge in [-0.15, -0.1) is 0 Å². The first-order valence-electron chi connectivity index (χ1n) is 12.0. The van der Waals surface area contributed by atoms with Crippen LogP contribution in [0.3, 0.4) is 0 Å². The van der Waals surface area contributed by atoms with Gasteiger partial charge in [-0.3, -0.25) is 9.59 Å². The fraction of sp³-hybridized carbons (Fsp3) is 0.440. The number of rotatable bonds is 3. The fourth-order valence-electron chi connectivity index (χ4n) is 5.33. The molecule has 2 fully saturated rings. The van der Waals surface area contributed by atoms with Gasteiger partial charge in [0.1, 0.15) is 35.2 Å². The number of nitrogen functional groups attached to an aromatic ring is 1. The summed E-state index contributed by atoms with van der Waals surface area (Å²) >= 11 is 6.36. The molecule has 2 aromatic heterocycles. The lowest BCUT2D eigenvalue weighted by Crippen LogP contribution is -2.57. The van der Waals surface area contributed by atoms with Crippen LogP contribution in [0.2, 0.25) is 5.02 Å². The first kappa shape index (κ1) is 25.2. The molecule has 0 aliphatic carbocycles. The Morgan fingerprint density at radius 3 is 2.73 bits per heavy atom. The summed E-state index contributed by atoms with van der Waals surface area (Å²) in [4.78, 5) is 39.9. The minimum absolute atomic E-state index is 0.0153. The molecule has 2 amide bonds. The molecule has 12 heteroatoms. The highest BCUT2D eigenvalue weighted by molar-refractivity contribution is 6.33. The number of nitrogens with two attached hydrogens (primary N) is 1. The van der Waals surface area contributed by atoms with E-state index in [1.807, 2.05) is 13.8 Å². The van der Waals surface area contributed by atoms with E-state index in [4.69, 9.17) is 22.1 Å². The predicted octanol–water partition coefficient (Wildman–Crippen LogP) is 2.10. The Kier molecular flexibility index (Phi) is 6.23. The van der Waals surface area contributed by atoms with E-state index in [0.29, 0.717) is 13.0 Å². The molecule has 10 nitrogen and oxygen atoms in total. The quantitative estimate of drug-likeness (QED) is 0.578. The lowest BCUT2D eigenvalue weighted by Gasteiger charge is -2.40. The summed E-state index contributed by atoms with van der Waals surface area (Å²) < 4.78 is 22.1. The van der Waals surface area contributed by atoms with Crippen LogP contribution < -0.4 is 15.4 Å². The molecule has 1 unspecified atom stereocenters. The number of pyridine rings is 2. The zero-order valence-corrected chi connectivity index (χ0v) is 21.3. The number of aliphatic hydroxyl groups is 1. The van der Waals surface area contributed by atoms with E-state index in [9.17, 15) is 14.7 Å². The number of β-amino-alcohol motifs (C(OH)–C–C–N with tert-alkyl or cyclic N) is 1. The number of amides is 2. The van der Waals surface area contributed by atoms with E-state index in [-0.39, 0.29) is 71.5 Å². The number of carbonyl (C=O) groups is 2. The molecule has 196 valence electrons. The maximum atomic E-state index is 16.1. The van der Waals surface area contributed by atoms with E-state index in [1.54, 1.807) is 14.7 Å². The third-order valence-electron chi connectivity index (χ3n) is 7.15. The highest BCUT2D eigenvalue weighted by Crippen LogP contribution is 2.44. The first-order valence-corrected chi connectivity index (χ1v) is 12.4. The summed E-state index contributed by atoms with van der Waals surface area (Å²) in [6.45, 7) is 8.28. The van der Waals surface area contributed by atoms with E-state index >= 15 is 4.39 Å². The topological polar surface area (TPSA) is 125 Å². The molecule has 0 saturated carbocycles. The van der Waals surface area contributed by atoms with Gasteiger partial charge in [-0.05, 0) is 38.5 Å². The first-order chi connectivity index (χ1) is 17.5. The number of fused-ring (bicyclic) bond motifs is 2. The van der Waals surface area contributed by atoms with Crippen molar-refractivity contribution in [2.75, 3.05) is 43.4 Å². The number of ether oxygens (including phenoxy) is 1. The second-order valence-corrected chi connectivity index (χ2v) is 10.5. The van der Waals surface area contributed by atoms with Gasteiger partial charge in [0, 0.05) is 31.7 Å². The number of anilines is 2. The molecule has 0 bridgehead atoms. The van der Waals surface area contributed by atoms with Crippen LogP contribution in [0, 0.1) is 5.82 Å². The summed E-state index contributed by atoms with van der Waals surface area (Å²) in [5, 5.41) is 10.6. The lowest BCUT2D eigenvalue weighted by molar-refractivity contribution is -0.128. The van der Waals surface area contributed by atoms with Crippen molar-refractivity contribution >= 4 is 35.1 Å². The molecule has 5 rings (SSSR count). The van der Waals surface area contributed by atoms with Gasteiger partial charge < -0.3 is 30.3 Å².